The molecule has 0 atom stereocenters. The molecular formula is C17H15FN2O5. The number of benzene rings is 1. The van der Waals surface area contributed by atoms with Gasteiger partial charge in [0.05, 0.1) is 33.2 Å². The van der Waals surface area contributed by atoms with Gasteiger partial charge in [0.1, 0.15) is 17.0 Å². The van der Waals surface area contributed by atoms with Gasteiger partial charge in [0.2, 0.25) is 5.75 Å². The Morgan fingerprint density at radius 2 is 1.80 bits per heavy atom. The van der Waals surface area contributed by atoms with E-state index in [1.165, 1.54) is 56.3 Å². The fourth-order valence-corrected chi connectivity index (χ4v) is 2.72. The van der Waals surface area contributed by atoms with Crippen LogP contribution in [0.25, 0.3) is 16.9 Å². The third kappa shape index (κ3) is 2.61. The first-order chi connectivity index (χ1) is 12.0. The number of fused-ring (bicyclic) bond motifs is 1. The van der Waals surface area contributed by atoms with E-state index in [1.807, 2.05) is 0 Å². The topological polar surface area (TPSA) is 82.3 Å². The number of ether oxygens (including phenoxy) is 3. The molecule has 3 rings (SSSR count). The Labute approximate surface area is 142 Å². The first-order valence-corrected chi connectivity index (χ1v) is 7.21. The average Bonchev–Trinajstić information content (AvgIpc) is 3.02. The fraction of sp³-hybridized carbons (Fsp3) is 0.176. The number of aromatic nitrogens is 2. The smallest absolute Gasteiger partial charge is 0.339 e. The first kappa shape index (κ1) is 16.6. The molecule has 0 amide bonds. The quantitative estimate of drug-likeness (QED) is 0.765. The zero-order valence-electron chi connectivity index (χ0n) is 13.7. The lowest BCUT2D eigenvalue weighted by Crippen LogP contribution is -2.06. The number of methoxy groups -OCH3 is 3. The minimum atomic E-state index is -1.20. The maximum atomic E-state index is 13.6. The predicted molar refractivity (Wildman–Crippen MR) is 87.2 cm³/mol. The molecule has 0 saturated carbocycles. The molecule has 0 spiro atoms. The third-order valence-electron chi connectivity index (χ3n) is 3.78. The summed E-state index contributed by atoms with van der Waals surface area (Å²) in [5.41, 5.74) is 1.23. The Balaban J connectivity index is 2.40. The van der Waals surface area contributed by atoms with Crippen molar-refractivity contribution in [3.8, 4) is 28.5 Å². The van der Waals surface area contributed by atoms with Crippen LogP contribution < -0.4 is 14.2 Å². The molecule has 130 valence electrons. The fourth-order valence-electron chi connectivity index (χ4n) is 2.72. The Kier molecular flexibility index (Phi) is 4.18. The number of carboxylic acids is 1. The van der Waals surface area contributed by atoms with Crippen molar-refractivity contribution in [2.24, 2.45) is 0 Å². The van der Waals surface area contributed by atoms with Gasteiger partial charge in [-0.05, 0) is 18.2 Å². The minimum Gasteiger partial charge on any atom is -0.492 e. The van der Waals surface area contributed by atoms with Crippen molar-refractivity contribution in [3.05, 3.63) is 42.0 Å². The van der Waals surface area contributed by atoms with Gasteiger partial charge in [-0.1, -0.05) is 0 Å². The second-order valence-corrected chi connectivity index (χ2v) is 5.10. The van der Waals surface area contributed by atoms with E-state index >= 15 is 0 Å². The largest absolute Gasteiger partial charge is 0.492 e. The second kappa shape index (κ2) is 6.31. The van der Waals surface area contributed by atoms with Gasteiger partial charge in [-0.15, -0.1) is 0 Å². The van der Waals surface area contributed by atoms with Crippen molar-refractivity contribution in [2.45, 2.75) is 0 Å². The molecule has 0 aliphatic heterocycles. The first-order valence-electron chi connectivity index (χ1n) is 7.21. The monoisotopic (exact) mass is 346 g/mol. The molecule has 8 heteroatoms. The van der Waals surface area contributed by atoms with E-state index in [0.717, 1.165) is 0 Å². The molecule has 2 heterocycles. The van der Waals surface area contributed by atoms with Gasteiger partial charge in [0, 0.05) is 11.8 Å². The van der Waals surface area contributed by atoms with Crippen molar-refractivity contribution in [1.29, 1.82) is 0 Å². The van der Waals surface area contributed by atoms with E-state index in [-0.39, 0.29) is 22.8 Å². The summed E-state index contributed by atoms with van der Waals surface area (Å²) in [5, 5.41) is 9.50. The molecule has 3 aromatic rings. The number of nitrogens with zero attached hydrogens (tertiary/aromatic N) is 2. The maximum absolute atomic E-state index is 13.6. The van der Waals surface area contributed by atoms with Gasteiger partial charge >= 0.3 is 5.97 Å². The number of hydrogen-bond donors (Lipinski definition) is 1. The number of imidazole rings is 1. The van der Waals surface area contributed by atoms with Gasteiger partial charge < -0.3 is 19.3 Å². The zero-order chi connectivity index (χ0) is 18.1. The molecule has 0 fully saturated rings. The second-order valence-electron chi connectivity index (χ2n) is 5.10. The third-order valence-corrected chi connectivity index (χ3v) is 3.78. The van der Waals surface area contributed by atoms with E-state index in [1.54, 1.807) is 0 Å². The molecule has 1 N–H and O–H groups in total. The van der Waals surface area contributed by atoms with Crippen LogP contribution in [0.4, 0.5) is 4.39 Å². The SMILES string of the molecule is COc1c(C(=O)O)cc(-c2cnc3ccc(F)cn23)c(OC)c1OC. The zero-order valence-corrected chi connectivity index (χ0v) is 13.7. The Hall–Kier alpha value is -3.29. The summed E-state index contributed by atoms with van der Waals surface area (Å²) >= 11 is 0. The summed E-state index contributed by atoms with van der Waals surface area (Å²) < 4.78 is 31.1. The molecule has 25 heavy (non-hydrogen) atoms. The van der Waals surface area contributed by atoms with Crippen LogP contribution in [0.1, 0.15) is 10.4 Å². The molecule has 0 aliphatic carbocycles. The summed E-state index contributed by atoms with van der Waals surface area (Å²) in [4.78, 5) is 15.8. The number of aromatic carboxylic acids is 1. The van der Waals surface area contributed by atoms with Gasteiger partial charge in [-0.3, -0.25) is 4.40 Å². The molecule has 0 bridgehead atoms. The van der Waals surface area contributed by atoms with Crippen molar-refractivity contribution in [2.75, 3.05) is 21.3 Å². The molecule has 0 unspecified atom stereocenters. The molecule has 1 aromatic carbocycles. The Bertz CT molecular complexity index is 967. The lowest BCUT2D eigenvalue weighted by atomic mass is 10.0. The highest BCUT2D eigenvalue weighted by atomic mass is 19.1. The minimum absolute atomic E-state index is 0.0376. The number of hydrogen-bond acceptors (Lipinski definition) is 5. The summed E-state index contributed by atoms with van der Waals surface area (Å²) in [7, 11) is 4.14. The number of halogens is 1. The van der Waals surface area contributed by atoms with Crippen LogP contribution in [0.15, 0.2) is 30.6 Å². The lowest BCUT2D eigenvalue weighted by molar-refractivity contribution is 0.0692. The molecule has 0 aliphatic rings. The van der Waals surface area contributed by atoms with E-state index in [9.17, 15) is 14.3 Å². The summed E-state index contributed by atoms with van der Waals surface area (Å²) in [6.07, 6.45) is 2.76. The predicted octanol–water partition coefficient (Wildman–Crippen LogP) is 2.86. The Morgan fingerprint density at radius 1 is 1.12 bits per heavy atom. The molecule has 0 radical (unpaired) electrons. The van der Waals surface area contributed by atoms with E-state index in [2.05, 4.69) is 4.98 Å². The highest BCUT2D eigenvalue weighted by Gasteiger charge is 2.26. The van der Waals surface area contributed by atoms with Crippen LogP contribution in [0.2, 0.25) is 0 Å². The van der Waals surface area contributed by atoms with Gasteiger partial charge in [0.25, 0.3) is 0 Å². The van der Waals surface area contributed by atoms with Gasteiger partial charge in [-0.2, -0.15) is 0 Å². The standard InChI is InChI=1S/C17H15FN2O5/c1-23-14-10(6-11(17(21)22)15(24-2)16(14)25-3)12-7-19-13-5-4-9(18)8-20(12)13/h4-8H,1-3H3,(H,21,22). The van der Waals surface area contributed by atoms with Crippen LogP contribution in [0.3, 0.4) is 0 Å². The van der Waals surface area contributed by atoms with E-state index in [4.69, 9.17) is 14.2 Å². The maximum Gasteiger partial charge on any atom is 0.339 e. The van der Waals surface area contributed by atoms with Gasteiger partial charge in [0.15, 0.2) is 11.5 Å². The summed E-state index contributed by atoms with van der Waals surface area (Å²) in [6, 6.07) is 4.20. The summed E-state index contributed by atoms with van der Waals surface area (Å²) in [6.45, 7) is 0. The normalized spacial score (nSPS) is 10.7. The molecule has 7 nitrogen and oxygen atoms in total. The van der Waals surface area contributed by atoms with Crippen molar-refractivity contribution >= 4 is 11.6 Å². The number of carboxylic acid groups (broad SMARTS) is 1. The van der Waals surface area contributed by atoms with E-state index in [0.29, 0.717) is 16.9 Å². The Morgan fingerprint density at radius 3 is 2.40 bits per heavy atom. The van der Waals surface area contributed by atoms with Crippen LogP contribution >= 0.6 is 0 Å². The number of pyridine rings is 1. The van der Waals surface area contributed by atoms with Crippen LogP contribution in [-0.4, -0.2) is 41.8 Å². The number of carbonyl (C=O) groups is 1. The summed E-state index contributed by atoms with van der Waals surface area (Å²) in [5.74, 6) is -1.22. The van der Waals surface area contributed by atoms with Crippen molar-refractivity contribution in [3.63, 3.8) is 0 Å². The van der Waals surface area contributed by atoms with Gasteiger partial charge in [-0.25, -0.2) is 14.2 Å². The molecular weight excluding hydrogens is 331 g/mol. The lowest BCUT2D eigenvalue weighted by Gasteiger charge is -2.17. The van der Waals surface area contributed by atoms with Crippen LogP contribution in [0, 0.1) is 5.82 Å². The van der Waals surface area contributed by atoms with E-state index < -0.39 is 11.8 Å². The van der Waals surface area contributed by atoms with Crippen molar-refractivity contribution in [1.82, 2.24) is 9.38 Å². The molecule has 2 aromatic heterocycles. The highest BCUT2D eigenvalue weighted by Crippen LogP contribution is 2.46. The number of rotatable bonds is 5. The van der Waals surface area contributed by atoms with Crippen molar-refractivity contribution < 1.29 is 28.5 Å². The highest BCUT2D eigenvalue weighted by molar-refractivity contribution is 5.96. The molecule has 0 saturated heterocycles. The van der Waals surface area contributed by atoms with Crippen LogP contribution in [0.5, 0.6) is 17.2 Å². The average molecular weight is 346 g/mol. The van der Waals surface area contributed by atoms with Crippen LogP contribution in [-0.2, 0) is 0 Å².